The molecule has 2 aromatic rings. The minimum absolute atomic E-state index is 0.0115. The highest BCUT2D eigenvalue weighted by Gasteiger charge is 2.29. The molecule has 10 nitrogen and oxygen atoms in total. The number of carboxylic acid groups (broad SMARTS) is 1. The Hall–Kier alpha value is -3.40. The highest BCUT2D eigenvalue weighted by molar-refractivity contribution is 5.92. The number of hydrogen-bond acceptors (Lipinski definition) is 6. The van der Waals surface area contributed by atoms with Crippen LogP contribution in [0.15, 0.2) is 36.8 Å². The van der Waals surface area contributed by atoms with Gasteiger partial charge < -0.3 is 31.6 Å². The Labute approximate surface area is 173 Å². The monoisotopic (exact) mass is 417 g/mol. The van der Waals surface area contributed by atoms with Crippen LogP contribution in [0.5, 0.6) is 5.75 Å². The largest absolute Gasteiger partial charge is 0.508 e. The summed E-state index contributed by atoms with van der Waals surface area (Å²) in [4.78, 5) is 43.7. The molecule has 1 heterocycles. The van der Waals surface area contributed by atoms with Crippen LogP contribution in [0, 0.1) is 5.92 Å². The number of aromatic nitrogens is 2. The fraction of sp³-hybridized carbons (Fsp3) is 0.400. The third kappa shape index (κ3) is 6.59. The number of carbonyl (C=O) groups excluding carboxylic acids is 2. The number of carbonyl (C=O) groups is 3. The van der Waals surface area contributed by atoms with Gasteiger partial charge in [-0.3, -0.25) is 9.59 Å². The second-order valence-corrected chi connectivity index (χ2v) is 7.38. The van der Waals surface area contributed by atoms with E-state index in [1.807, 2.05) is 0 Å². The molecule has 2 amide bonds. The molecule has 7 N–H and O–H groups in total. The number of phenolic OH excluding ortho intramolecular Hbond substituents is 1. The summed E-state index contributed by atoms with van der Waals surface area (Å²) in [6, 6.07) is 2.95. The summed E-state index contributed by atoms with van der Waals surface area (Å²) < 4.78 is 0. The van der Waals surface area contributed by atoms with Crippen LogP contribution >= 0.6 is 0 Å². The molecule has 0 aliphatic rings. The van der Waals surface area contributed by atoms with E-state index in [0.717, 1.165) is 0 Å². The average Bonchev–Trinajstić information content (AvgIpc) is 3.20. The van der Waals surface area contributed by atoms with Crippen molar-refractivity contribution in [1.82, 2.24) is 20.6 Å². The number of aliphatic carboxylic acids is 1. The maximum absolute atomic E-state index is 12.9. The number of hydrogen-bond donors (Lipinski definition) is 6. The fourth-order valence-electron chi connectivity index (χ4n) is 2.74. The van der Waals surface area contributed by atoms with Gasteiger partial charge in [-0.1, -0.05) is 26.0 Å². The summed E-state index contributed by atoms with van der Waals surface area (Å²) in [5.74, 6) is -2.46. The third-order valence-electron chi connectivity index (χ3n) is 4.62. The van der Waals surface area contributed by atoms with Crippen molar-refractivity contribution in [2.75, 3.05) is 0 Å². The van der Waals surface area contributed by atoms with Crippen LogP contribution in [0.2, 0.25) is 0 Å². The molecule has 2 rings (SSSR count). The Kier molecular flexibility index (Phi) is 7.93. The predicted molar refractivity (Wildman–Crippen MR) is 108 cm³/mol. The van der Waals surface area contributed by atoms with E-state index in [0.29, 0.717) is 11.3 Å². The molecule has 0 fully saturated rings. The molecule has 3 atom stereocenters. The fourth-order valence-corrected chi connectivity index (χ4v) is 2.74. The van der Waals surface area contributed by atoms with Crippen molar-refractivity contribution in [3.63, 3.8) is 0 Å². The quantitative estimate of drug-likeness (QED) is 0.314. The molecule has 0 radical (unpaired) electrons. The van der Waals surface area contributed by atoms with Crippen LogP contribution in [-0.2, 0) is 27.2 Å². The van der Waals surface area contributed by atoms with Gasteiger partial charge in [-0.15, -0.1) is 0 Å². The molecule has 3 unspecified atom stereocenters. The van der Waals surface area contributed by atoms with Gasteiger partial charge in [0.2, 0.25) is 11.8 Å². The van der Waals surface area contributed by atoms with Gasteiger partial charge in [0.25, 0.3) is 0 Å². The van der Waals surface area contributed by atoms with E-state index in [4.69, 9.17) is 5.73 Å². The lowest BCUT2D eigenvalue weighted by atomic mass is 10.0. The molecule has 0 aliphatic heterocycles. The molecule has 162 valence electrons. The van der Waals surface area contributed by atoms with Crippen molar-refractivity contribution < 1.29 is 24.6 Å². The SMILES string of the molecule is CC(C)C(N)C(=O)NC(Cc1cnc[nH]1)C(=O)NC(Cc1ccc(O)cc1)C(=O)O. The molecular weight excluding hydrogens is 390 g/mol. The normalized spacial score (nSPS) is 14.0. The molecule has 10 heteroatoms. The summed E-state index contributed by atoms with van der Waals surface area (Å²) in [6.07, 6.45) is 3.06. The van der Waals surface area contributed by atoms with E-state index in [1.54, 1.807) is 26.0 Å². The van der Waals surface area contributed by atoms with Gasteiger partial charge in [0.05, 0.1) is 12.4 Å². The van der Waals surface area contributed by atoms with E-state index in [-0.39, 0.29) is 24.5 Å². The maximum Gasteiger partial charge on any atom is 0.326 e. The van der Waals surface area contributed by atoms with E-state index < -0.39 is 35.9 Å². The number of phenols is 1. The Morgan fingerprint density at radius 2 is 1.70 bits per heavy atom. The number of nitrogens with one attached hydrogen (secondary N) is 3. The number of aromatic hydroxyl groups is 1. The topological polar surface area (TPSA) is 170 Å². The van der Waals surface area contributed by atoms with Gasteiger partial charge in [0.1, 0.15) is 17.8 Å². The number of aromatic amines is 1. The molecular formula is C20H27N5O5. The summed E-state index contributed by atoms with van der Waals surface area (Å²) in [5.41, 5.74) is 7.09. The number of carboxylic acids is 1. The van der Waals surface area contributed by atoms with Crippen LogP contribution in [0.1, 0.15) is 25.1 Å². The molecule has 30 heavy (non-hydrogen) atoms. The molecule has 0 aliphatic carbocycles. The highest BCUT2D eigenvalue weighted by atomic mass is 16.4. The van der Waals surface area contributed by atoms with Crippen molar-refractivity contribution in [2.24, 2.45) is 11.7 Å². The summed E-state index contributed by atoms with van der Waals surface area (Å²) >= 11 is 0. The minimum Gasteiger partial charge on any atom is -0.508 e. The second-order valence-electron chi connectivity index (χ2n) is 7.38. The number of amides is 2. The van der Waals surface area contributed by atoms with Crippen molar-refractivity contribution >= 4 is 17.8 Å². The van der Waals surface area contributed by atoms with Gasteiger partial charge in [-0.25, -0.2) is 9.78 Å². The van der Waals surface area contributed by atoms with Crippen molar-refractivity contribution in [1.29, 1.82) is 0 Å². The highest BCUT2D eigenvalue weighted by Crippen LogP contribution is 2.12. The van der Waals surface area contributed by atoms with Crippen LogP contribution in [0.4, 0.5) is 0 Å². The predicted octanol–water partition coefficient (Wildman–Crippen LogP) is -0.0620. The van der Waals surface area contributed by atoms with Crippen molar-refractivity contribution in [2.45, 2.75) is 44.8 Å². The van der Waals surface area contributed by atoms with E-state index in [9.17, 15) is 24.6 Å². The molecule has 0 saturated carbocycles. The maximum atomic E-state index is 12.9. The summed E-state index contributed by atoms with van der Waals surface area (Å²) in [5, 5.41) is 24.0. The zero-order valence-corrected chi connectivity index (χ0v) is 16.8. The van der Waals surface area contributed by atoms with Gasteiger partial charge in [-0.05, 0) is 23.6 Å². The van der Waals surface area contributed by atoms with Gasteiger partial charge >= 0.3 is 5.97 Å². The lowest BCUT2D eigenvalue weighted by Crippen LogP contribution is -2.56. The molecule has 0 bridgehead atoms. The lowest BCUT2D eigenvalue weighted by molar-refractivity contribution is -0.142. The first-order valence-corrected chi connectivity index (χ1v) is 9.51. The number of H-pyrrole nitrogens is 1. The minimum atomic E-state index is -1.22. The Morgan fingerprint density at radius 3 is 2.23 bits per heavy atom. The van der Waals surface area contributed by atoms with Crippen molar-refractivity contribution in [3.8, 4) is 5.75 Å². The summed E-state index contributed by atoms with van der Waals surface area (Å²) in [6.45, 7) is 3.57. The Balaban J connectivity index is 2.14. The number of benzene rings is 1. The zero-order chi connectivity index (χ0) is 22.3. The van der Waals surface area contributed by atoms with Crippen molar-refractivity contribution in [3.05, 3.63) is 48.0 Å². The molecule has 1 aromatic heterocycles. The van der Waals surface area contributed by atoms with Gasteiger partial charge in [-0.2, -0.15) is 0 Å². The van der Waals surface area contributed by atoms with Crippen LogP contribution in [-0.4, -0.2) is 56.1 Å². The van der Waals surface area contributed by atoms with Crippen LogP contribution < -0.4 is 16.4 Å². The standard InChI is InChI=1S/C20H27N5O5/c1-11(2)17(21)19(28)24-15(8-13-9-22-10-23-13)18(27)25-16(20(29)30)7-12-3-5-14(26)6-4-12/h3-6,9-11,15-17,26H,7-8,21H2,1-2H3,(H,22,23)(H,24,28)(H,25,27)(H,29,30). The first kappa shape index (κ1) is 22.9. The van der Waals surface area contributed by atoms with Crippen LogP contribution in [0.25, 0.3) is 0 Å². The molecule has 0 spiro atoms. The lowest BCUT2D eigenvalue weighted by Gasteiger charge is -2.23. The molecule has 1 aromatic carbocycles. The van der Waals surface area contributed by atoms with Crippen LogP contribution in [0.3, 0.4) is 0 Å². The van der Waals surface area contributed by atoms with Gasteiger partial charge in [0, 0.05) is 24.7 Å². The van der Waals surface area contributed by atoms with E-state index in [1.165, 1.54) is 24.7 Å². The number of imidazole rings is 1. The average molecular weight is 417 g/mol. The second kappa shape index (κ2) is 10.4. The Bertz CT molecular complexity index is 851. The number of rotatable bonds is 10. The molecule has 0 saturated heterocycles. The first-order valence-electron chi connectivity index (χ1n) is 9.51. The zero-order valence-electron chi connectivity index (χ0n) is 16.8. The first-order chi connectivity index (χ1) is 14.2. The number of nitrogens with zero attached hydrogens (tertiary/aromatic N) is 1. The van der Waals surface area contributed by atoms with E-state index in [2.05, 4.69) is 20.6 Å². The van der Waals surface area contributed by atoms with Gasteiger partial charge in [0.15, 0.2) is 0 Å². The Morgan fingerprint density at radius 1 is 1.07 bits per heavy atom. The summed E-state index contributed by atoms with van der Waals surface area (Å²) in [7, 11) is 0. The smallest absolute Gasteiger partial charge is 0.326 e. The number of nitrogens with two attached hydrogens (primary N) is 1. The third-order valence-corrected chi connectivity index (χ3v) is 4.62. The van der Waals surface area contributed by atoms with E-state index >= 15 is 0 Å².